The fraction of sp³-hybridized carbons (Fsp3) is 0.118. The molecule has 140 valence electrons. The number of aromatic nitrogens is 3. The van der Waals surface area contributed by atoms with E-state index in [0.29, 0.717) is 0 Å². The molecule has 1 aromatic heterocycles. The van der Waals surface area contributed by atoms with E-state index < -0.39 is 28.6 Å². The summed E-state index contributed by atoms with van der Waals surface area (Å²) in [7, 11) is 0. The van der Waals surface area contributed by atoms with Crippen LogP contribution in [0.1, 0.15) is 6.92 Å². The molecule has 0 saturated carbocycles. The molecule has 0 aliphatic carbocycles. The minimum absolute atomic E-state index is 0.0967. The number of anilines is 1. The Balaban J connectivity index is 1.75. The van der Waals surface area contributed by atoms with Crippen molar-refractivity contribution in [2.75, 3.05) is 11.2 Å². The van der Waals surface area contributed by atoms with Crippen molar-refractivity contribution < 1.29 is 18.0 Å². The van der Waals surface area contributed by atoms with Crippen LogP contribution in [0.25, 0.3) is 11.4 Å². The number of rotatable bonds is 5. The lowest BCUT2D eigenvalue weighted by molar-refractivity contribution is -0.115. The first-order valence-corrected chi connectivity index (χ1v) is 8.62. The molecule has 0 fully saturated rings. The zero-order chi connectivity index (χ0) is 19.6. The molecule has 3 rings (SSSR count). The van der Waals surface area contributed by atoms with Gasteiger partial charge in [0.15, 0.2) is 5.82 Å². The fourth-order valence-electron chi connectivity index (χ4n) is 2.22. The Morgan fingerprint density at radius 2 is 1.89 bits per heavy atom. The second kappa shape index (κ2) is 7.70. The SMILES string of the molecule is C[C@@H](Sc1nnc(-c2ccccc2F)n1N)C(=O)Nc1cc(F)ccc1F. The molecular weight excluding hydrogens is 379 g/mol. The number of thioether (sulfide) groups is 1. The van der Waals surface area contributed by atoms with Crippen molar-refractivity contribution in [3.8, 4) is 11.4 Å². The number of nitrogen functional groups attached to an aromatic ring is 1. The van der Waals surface area contributed by atoms with Crippen LogP contribution in [0.15, 0.2) is 47.6 Å². The van der Waals surface area contributed by atoms with Crippen LogP contribution >= 0.6 is 11.8 Å². The average molecular weight is 393 g/mol. The molecule has 0 saturated heterocycles. The summed E-state index contributed by atoms with van der Waals surface area (Å²) in [5.41, 5.74) is -0.105. The van der Waals surface area contributed by atoms with Crippen LogP contribution in [0.5, 0.6) is 0 Å². The topological polar surface area (TPSA) is 85.8 Å². The molecule has 0 radical (unpaired) electrons. The molecule has 2 aromatic carbocycles. The van der Waals surface area contributed by atoms with Gasteiger partial charge in [-0.2, -0.15) is 0 Å². The molecule has 0 spiro atoms. The van der Waals surface area contributed by atoms with E-state index >= 15 is 0 Å². The number of hydrogen-bond acceptors (Lipinski definition) is 5. The van der Waals surface area contributed by atoms with Crippen LogP contribution in [0, 0.1) is 17.5 Å². The van der Waals surface area contributed by atoms with Gasteiger partial charge in [0, 0.05) is 6.07 Å². The van der Waals surface area contributed by atoms with Crippen molar-refractivity contribution in [1.82, 2.24) is 14.9 Å². The van der Waals surface area contributed by atoms with Gasteiger partial charge in [-0.25, -0.2) is 17.8 Å². The van der Waals surface area contributed by atoms with Crippen LogP contribution in [0.3, 0.4) is 0 Å². The van der Waals surface area contributed by atoms with E-state index in [-0.39, 0.29) is 22.2 Å². The Kier molecular flexibility index (Phi) is 5.36. The Morgan fingerprint density at radius 1 is 1.15 bits per heavy atom. The maximum atomic E-state index is 13.9. The standard InChI is InChI=1S/C17H14F3N5OS/c1-9(16(26)22-14-8-10(18)6-7-13(14)20)27-17-24-23-15(25(17)21)11-4-2-3-5-12(11)19/h2-9H,21H2,1H3,(H,22,26)/t9-/m1/s1. The van der Waals surface area contributed by atoms with Crippen molar-refractivity contribution in [1.29, 1.82) is 0 Å². The predicted octanol–water partition coefficient (Wildman–Crippen LogP) is 3.20. The third-order valence-electron chi connectivity index (χ3n) is 3.62. The molecule has 0 aliphatic rings. The summed E-state index contributed by atoms with van der Waals surface area (Å²) < 4.78 is 41.8. The molecule has 0 unspecified atom stereocenters. The van der Waals surface area contributed by atoms with E-state index in [0.717, 1.165) is 34.6 Å². The highest BCUT2D eigenvalue weighted by atomic mass is 32.2. The molecular formula is C17H14F3N5OS. The number of amides is 1. The summed E-state index contributed by atoms with van der Waals surface area (Å²) in [5.74, 6) is 3.48. The first-order chi connectivity index (χ1) is 12.9. The van der Waals surface area contributed by atoms with E-state index in [4.69, 9.17) is 5.84 Å². The Bertz CT molecular complexity index is 994. The summed E-state index contributed by atoms with van der Waals surface area (Å²) in [6.07, 6.45) is 0. The number of hydrogen-bond donors (Lipinski definition) is 2. The molecule has 10 heteroatoms. The number of nitrogens with two attached hydrogens (primary N) is 1. The first kappa shape index (κ1) is 18.8. The summed E-state index contributed by atoms with van der Waals surface area (Å²) in [6, 6.07) is 8.67. The van der Waals surface area contributed by atoms with Gasteiger partial charge in [0.2, 0.25) is 11.1 Å². The van der Waals surface area contributed by atoms with E-state index in [1.807, 2.05) is 0 Å². The number of halogens is 3. The van der Waals surface area contributed by atoms with Crippen LogP contribution in [0.2, 0.25) is 0 Å². The zero-order valence-electron chi connectivity index (χ0n) is 14.0. The zero-order valence-corrected chi connectivity index (χ0v) is 14.8. The normalized spacial score (nSPS) is 12.0. The Hall–Kier alpha value is -3.01. The highest BCUT2D eigenvalue weighted by Crippen LogP contribution is 2.27. The summed E-state index contributed by atoms with van der Waals surface area (Å²) >= 11 is 0.943. The van der Waals surface area contributed by atoms with Crippen molar-refractivity contribution >= 4 is 23.4 Å². The minimum atomic E-state index is -0.759. The molecule has 1 atom stereocenters. The van der Waals surface area contributed by atoms with Crippen molar-refractivity contribution in [3.63, 3.8) is 0 Å². The van der Waals surface area contributed by atoms with Crippen LogP contribution in [-0.4, -0.2) is 26.0 Å². The molecule has 1 heterocycles. The lowest BCUT2D eigenvalue weighted by Crippen LogP contribution is -2.24. The highest BCUT2D eigenvalue weighted by Gasteiger charge is 2.22. The highest BCUT2D eigenvalue weighted by molar-refractivity contribution is 8.00. The molecule has 3 N–H and O–H groups in total. The third kappa shape index (κ3) is 4.05. The molecule has 27 heavy (non-hydrogen) atoms. The number of nitrogens with zero attached hydrogens (tertiary/aromatic N) is 3. The fourth-order valence-corrected chi connectivity index (χ4v) is 2.99. The lowest BCUT2D eigenvalue weighted by Gasteiger charge is -2.12. The van der Waals surface area contributed by atoms with Gasteiger partial charge in [-0.3, -0.25) is 4.79 Å². The van der Waals surface area contributed by atoms with Gasteiger partial charge in [0.25, 0.3) is 0 Å². The van der Waals surface area contributed by atoms with Crippen LogP contribution in [0.4, 0.5) is 18.9 Å². The Labute approximate surface area is 156 Å². The second-order valence-electron chi connectivity index (χ2n) is 5.53. The maximum Gasteiger partial charge on any atom is 0.237 e. The van der Waals surface area contributed by atoms with Crippen molar-refractivity contribution in [2.45, 2.75) is 17.3 Å². The molecule has 0 aliphatic heterocycles. The van der Waals surface area contributed by atoms with Gasteiger partial charge < -0.3 is 11.2 Å². The molecule has 6 nitrogen and oxygen atoms in total. The smallest absolute Gasteiger partial charge is 0.237 e. The summed E-state index contributed by atoms with van der Waals surface area (Å²) in [5, 5.41) is 9.43. The van der Waals surface area contributed by atoms with Crippen molar-refractivity contribution in [2.24, 2.45) is 0 Å². The number of carbonyl (C=O) groups is 1. The maximum absolute atomic E-state index is 13.9. The van der Waals surface area contributed by atoms with Gasteiger partial charge in [-0.05, 0) is 31.2 Å². The minimum Gasteiger partial charge on any atom is -0.335 e. The third-order valence-corrected chi connectivity index (χ3v) is 4.67. The van der Waals surface area contributed by atoms with Gasteiger partial charge in [0.05, 0.1) is 16.5 Å². The monoisotopic (exact) mass is 393 g/mol. The Morgan fingerprint density at radius 3 is 2.63 bits per heavy atom. The molecule has 0 bridgehead atoms. The van der Waals surface area contributed by atoms with Gasteiger partial charge in [-0.1, -0.05) is 23.9 Å². The van der Waals surface area contributed by atoms with E-state index in [1.54, 1.807) is 6.07 Å². The van der Waals surface area contributed by atoms with Crippen LogP contribution in [-0.2, 0) is 4.79 Å². The average Bonchev–Trinajstić information content (AvgIpc) is 2.99. The van der Waals surface area contributed by atoms with Crippen molar-refractivity contribution in [3.05, 3.63) is 59.9 Å². The van der Waals surface area contributed by atoms with Gasteiger partial charge in [-0.15, -0.1) is 10.2 Å². The van der Waals surface area contributed by atoms with E-state index in [2.05, 4.69) is 15.5 Å². The van der Waals surface area contributed by atoms with Gasteiger partial charge in [0.1, 0.15) is 17.5 Å². The summed E-state index contributed by atoms with van der Waals surface area (Å²) in [6.45, 7) is 1.54. The molecule has 1 amide bonds. The second-order valence-corrected chi connectivity index (χ2v) is 6.84. The number of benzene rings is 2. The quantitative estimate of drug-likeness (QED) is 0.514. The summed E-state index contributed by atoms with van der Waals surface area (Å²) in [4.78, 5) is 12.2. The largest absolute Gasteiger partial charge is 0.335 e. The van der Waals surface area contributed by atoms with E-state index in [9.17, 15) is 18.0 Å². The van der Waals surface area contributed by atoms with Gasteiger partial charge >= 0.3 is 0 Å². The number of nitrogens with one attached hydrogen (secondary N) is 1. The first-order valence-electron chi connectivity index (χ1n) is 7.74. The van der Waals surface area contributed by atoms with Crippen LogP contribution < -0.4 is 11.2 Å². The van der Waals surface area contributed by atoms with E-state index in [1.165, 1.54) is 25.1 Å². The predicted molar refractivity (Wildman–Crippen MR) is 95.9 cm³/mol. The number of carbonyl (C=O) groups excluding carboxylic acids is 1. The molecule has 3 aromatic rings. The lowest BCUT2D eigenvalue weighted by atomic mass is 10.2.